The molecule has 0 spiro atoms. The van der Waals surface area contributed by atoms with E-state index >= 15 is 0 Å². The Hall–Kier alpha value is -2.37. The van der Waals surface area contributed by atoms with Gasteiger partial charge in [-0.05, 0) is 35.1 Å². The second-order valence-corrected chi connectivity index (χ2v) is 8.24. The average Bonchev–Trinajstić information content (AvgIpc) is 3.14. The van der Waals surface area contributed by atoms with Crippen LogP contribution in [0, 0.1) is 0 Å². The Morgan fingerprint density at radius 3 is 2.03 bits per heavy atom. The predicted octanol–water partition coefficient (Wildman–Crippen LogP) is 5.92. The second-order valence-electron chi connectivity index (χ2n) is 8.24. The molecule has 174 valence electrons. The van der Waals surface area contributed by atoms with Gasteiger partial charge in [0.25, 0.3) is 0 Å². The summed E-state index contributed by atoms with van der Waals surface area (Å²) in [7, 11) is 0. The third-order valence-corrected chi connectivity index (χ3v) is 5.84. The lowest BCUT2D eigenvalue weighted by atomic mass is 9.98. The molecule has 32 heavy (non-hydrogen) atoms. The lowest BCUT2D eigenvalue weighted by Gasteiger charge is -2.14. The van der Waals surface area contributed by atoms with E-state index in [1.165, 1.54) is 47.9 Å². The maximum Gasteiger partial charge on any atom is 0.407 e. The Morgan fingerprint density at radius 1 is 0.781 bits per heavy atom. The number of amides is 1. The Morgan fingerprint density at radius 2 is 1.38 bits per heavy atom. The van der Waals surface area contributed by atoms with Gasteiger partial charge in [-0.2, -0.15) is 0 Å². The molecular formula is C27H37NO4. The van der Waals surface area contributed by atoms with Crippen LogP contribution in [-0.4, -0.2) is 45.7 Å². The summed E-state index contributed by atoms with van der Waals surface area (Å²) in [6.07, 6.45) is 6.63. The fourth-order valence-corrected chi connectivity index (χ4v) is 4.14. The fraction of sp³-hybridized carbons (Fsp3) is 0.519. The number of alkyl carbamates (subject to hydrolysis) is 1. The number of fused-ring (bicyclic) bond motifs is 3. The van der Waals surface area contributed by atoms with Crippen molar-refractivity contribution in [2.75, 3.05) is 39.6 Å². The molecule has 0 saturated carbocycles. The van der Waals surface area contributed by atoms with Crippen molar-refractivity contribution < 1.29 is 19.0 Å². The predicted molar refractivity (Wildman–Crippen MR) is 128 cm³/mol. The summed E-state index contributed by atoms with van der Waals surface area (Å²) < 4.78 is 16.7. The molecule has 1 amide bonds. The van der Waals surface area contributed by atoms with Gasteiger partial charge in [-0.25, -0.2) is 4.79 Å². The van der Waals surface area contributed by atoms with E-state index in [2.05, 4.69) is 48.6 Å². The molecule has 0 radical (unpaired) electrons. The van der Waals surface area contributed by atoms with Crippen LogP contribution in [0.1, 0.15) is 62.5 Å². The highest BCUT2D eigenvalue weighted by Crippen LogP contribution is 2.44. The van der Waals surface area contributed by atoms with Crippen LogP contribution in [0.2, 0.25) is 0 Å². The highest BCUT2D eigenvalue weighted by atomic mass is 16.5. The third kappa shape index (κ3) is 7.35. The summed E-state index contributed by atoms with van der Waals surface area (Å²) >= 11 is 0. The zero-order chi connectivity index (χ0) is 22.4. The van der Waals surface area contributed by atoms with Gasteiger partial charge in [0.1, 0.15) is 6.61 Å². The van der Waals surface area contributed by atoms with Crippen LogP contribution >= 0.6 is 0 Å². The number of hydrogen-bond donors (Lipinski definition) is 1. The molecular weight excluding hydrogens is 402 g/mol. The number of carbonyl (C=O) groups excluding carboxylic acids is 1. The minimum absolute atomic E-state index is 0.0862. The topological polar surface area (TPSA) is 56.8 Å². The molecule has 1 aliphatic carbocycles. The molecule has 1 aliphatic rings. The number of hydrogen-bond acceptors (Lipinski definition) is 4. The molecule has 0 aromatic heterocycles. The summed E-state index contributed by atoms with van der Waals surface area (Å²) in [6.45, 7) is 5.75. The summed E-state index contributed by atoms with van der Waals surface area (Å²) in [5.41, 5.74) is 4.90. The van der Waals surface area contributed by atoms with Crippen LogP contribution < -0.4 is 5.32 Å². The Kier molecular flexibility index (Phi) is 10.6. The molecule has 0 fully saturated rings. The van der Waals surface area contributed by atoms with E-state index in [9.17, 15) is 4.79 Å². The van der Waals surface area contributed by atoms with Gasteiger partial charge >= 0.3 is 6.09 Å². The van der Waals surface area contributed by atoms with Gasteiger partial charge in [-0.3, -0.25) is 0 Å². The SMILES string of the molecule is CCCCCCCOCCOCCCNC(=O)OCC1c2ccccc2-c2ccccc21. The molecule has 3 rings (SSSR count). The van der Waals surface area contributed by atoms with Crippen LogP contribution in [-0.2, 0) is 14.2 Å². The van der Waals surface area contributed by atoms with Crippen molar-refractivity contribution in [3.8, 4) is 11.1 Å². The first kappa shape index (κ1) is 24.3. The van der Waals surface area contributed by atoms with Crippen molar-refractivity contribution in [3.63, 3.8) is 0 Å². The first-order valence-electron chi connectivity index (χ1n) is 12.1. The van der Waals surface area contributed by atoms with Gasteiger partial charge in [-0.1, -0.05) is 81.1 Å². The minimum Gasteiger partial charge on any atom is -0.449 e. The molecule has 0 unspecified atom stereocenters. The maximum absolute atomic E-state index is 12.1. The lowest BCUT2D eigenvalue weighted by Crippen LogP contribution is -2.27. The van der Waals surface area contributed by atoms with Crippen LogP contribution in [0.3, 0.4) is 0 Å². The van der Waals surface area contributed by atoms with Gasteiger partial charge in [-0.15, -0.1) is 0 Å². The zero-order valence-corrected chi connectivity index (χ0v) is 19.3. The first-order chi connectivity index (χ1) is 15.8. The Bertz CT molecular complexity index is 777. The summed E-state index contributed by atoms with van der Waals surface area (Å²) in [5, 5.41) is 2.82. The molecule has 0 atom stereocenters. The number of rotatable bonds is 15. The van der Waals surface area contributed by atoms with Crippen LogP contribution in [0.25, 0.3) is 11.1 Å². The summed E-state index contributed by atoms with van der Waals surface area (Å²) in [6, 6.07) is 16.7. The smallest absolute Gasteiger partial charge is 0.407 e. The molecule has 2 aromatic rings. The van der Waals surface area contributed by atoms with Gasteiger partial charge in [0, 0.05) is 25.7 Å². The zero-order valence-electron chi connectivity index (χ0n) is 19.3. The lowest BCUT2D eigenvalue weighted by molar-refractivity contribution is 0.0454. The summed E-state index contributed by atoms with van der Waals surface area (Å²) in [5.74, 6) is 0.0862. The molecule has 0 aliphatic heterocycles. The molecule has 0 heterocycles. The van der Waals surface area contributed by atoms with Crippen molar-refractivity contribution >= 4 is 6.09 Å². The number of benzene rings is 2. The van der Waals surface area contributed by atoms with Crippen LogP contribution in [0.5, 0.6) is 0 Å². The fourth-order valence-electron chi connectivity index (χ4n) is 4.14. The molecule has 5 nitrogen and oxygen atoms in total. The maximum atomic E-state index is 12.1. The van der Waals surface area contributed by atoms with E-state index in [1.807, 2.05) is 12.1 Å². The minimum atomic E-state index is -0.377. The van der Waals surface area contributed by atoms with E-state index in [4.69, 9.17) is 14.2 Å². The van der Waals surface area contributed by atoms with Crippen LogP contribution in [0.4, 0.5) is 4.79 Å². The van der Waals surface area contributed by atoms with Crippen molar-refractivity contribution in [2.24, 2.45) is 0 Å². The largest absolute Gasteiger partial charge is 0.449 e. The van der Waals surface area contributed by atoms with E-state index in [-0.39, 0.29) is 12.0 Å². The first-order valence-corrected chi connectivity index (χ1v) is 12.1. The highest BCUT2D eigenvalue weighted by molar-refractivity contribution is 5.79. The second kappa shape index (κ2) is 13.9. The quantitative estimate of drug-likeness (QED) is 0.350. The van der Waals surface area contributed by atoms with Crippen molar-refractivity contribution in [3.05, 3.63) is 59.7 Å². The van der Waals surface area contributed by atoms with Crippen molar-refractivity contribution in [1.29, 1.82) is 0 Å². The number of unbranched alkanes of at least 4 members (excludes halogenated alkanes) is 4. The Balaban J connectivity index is 1.23. The Labute approximate surface area is 192 Å². The third-order valence-electron chi connectivity index (χ3n) is 5.84. The van der Waals surface area contributed by atoms with E-state index in [0.717, 1.165) is 19.4 Å². The van der Waals surface area contributed by atoms with Crippen molar-refractivity contribution in [1.82, 2.24) is 5.32 Å². The molecule has 5 heteroatoms. The standard InChI is InChI=1S/C27H37NO4/c1-2-3-4-5-10-17-30-19-20-31-18-11-16-28-27(29)32-21-26-24-14-8-6-12-22(24)23-13-7-9-15-25(23)26/h6-9,12-15,26H,2-5,10-11,16-21H2,1H3,(H,28,29). The van der Waals surface area contributed by atoms with E-state index in [1.54, 1.807) is 0 Å². The van der Waals surface area contributed by atoms with Gasteiger partial charge in [0.15, 0.2) is 0 Å². The van der Waals surface area contributed by atoms with Gasteiger partial charge in [0.2, 0.25) is 0 Å². The highest BCUT2D eigenvalue weighted by Gasteiger charge is 2.28. The number of ether oxygens (including phenoxy) is 3. The molecule has 0 saturated heterocycles. The monoisotopic (exact) mass is 439 g/mol. The van der Waals surface area contributed by atoms with Gasteiger partial charge < -0.3 is 19.5 Å². The van der Waals surface area contributed by atoms with Crippen LogP contribution in [0.15, 0.2) is 48.5 Å². The molecule has 1 N–H and O–H groups in total. The molecule has 2 aromatic carbocycles. The average molecular weight is 440 g/mol. The van der Waals surface area contributed by atoms with Crippen molar-refractivity contribution in [2.45, 2.75) is 51.4 Å². The normalized spacial score (nSPS) is 12.4. The van der Waals surface area contributed by atoms with E-state index < -0.39 is 0 Å². The summed E-state index contributed by atoms with van der Waals surface area (Å²) in [4.78, 5) is 12.1. The number of carbonyl (C=O) groups is 1. The van der Waals surface area contributed by atoms with E-state index in [0.29, 0.717) is 33.0 Å². The molecule has 0 bridgehead atoms. The van der Waals surface area contributed by atoms with Gasteiger partial charge in [0.05, 0.1) is 13.2 Å². The number of nitrogens with one attached hydrogen (secondary N) is 1.